The third kappa shape index (κ3) is 1.72. The van der Waals surface area contributed by atoms with E-state index in [-0.39, 0.29) is 11.3 Å². The Hall–Kier alpha value is -2.50. The number of carbonyl (C=O) groups excluding carboxylic acids is 1. The molecule has 0 fully saturated rings. The Kier molecular flexibility index (Phi) is 2.45. The van der Waals surface area contributed by atoms with Gasteiger partial charge in [0, 0.05) is 11.9 Å². The number of halogens is 1. The maximum absolute atomic E-state index is 13.3. The van der Waals surface area contributed by atoms with E-state index in [2.05, 4.69) is 10.3 Å². The SMILES string of the molecule is O=C(O)c1nc2ccc(F)cc2c2c1C(=O)NCC2. The zero-order valence-corrected chi connectivity index (χ0v) is 9.74. The molecule has 19 heavy (non-hydrogen) atoms. The molecule has 6 heteroatoms. The molecule has 0 unspecified atom stereocenters. The quantitative estimate of drug-likeness (QED) is 0.811. The molecule has 0 spiro atoms. The number of hydrogen-bond donors (Lipinski definition) is 2. The van der Waals surface area contributed by atoms with Crippen LogP contribution in [0.2, 0.25) is 0 Å². The number of hydrogen-bond acceptors (Lipinski definition) is 3. The predicted molar refractivity (Wildman–Crippen MR) is 64.7 cm³/mol. The molecule has 5 nitrogen and oxygen atoms in total. The van der Waals surface area contributed by atoms with Crippen molar-refractivity contribution in [2.24, 2.45) is 0 Å². The summed E-state index contributed by atoms with van der Waals surface area (Å²) in [4.78, 5) is 27.0. The summed E-state index contributed by atoms with van der Waals surface area (Å²) in [5.41, 5.74) is 0.682. The largest absolute Gasteiger partial charge is 0.476 e. The fourth-order valence-corrected chi connectivity index (χ4v) is 2.35. The Morgan fingerprint density at radius 1 is 1.42 bits per heavy atom. The zero-order chi connectivity index (χ0) is 13.6. The molecule has 2 N–H and O–H groups in total. The van der Waals surface area contributed by atoms with Gasteiger partial charge in [-0.15, -0.1) is 0 Å². The molecule has 3 rings (SSSR count). The van der Waals surface area contributed by atoms with Crippen LogP contribution < -0.4 is 5.32 Å². The third-order valence-electron chi connectivity index (χ3n) is 3.14. The zero-order valence-electron chi connectivity index (χ0n) is 9.74. The number of carbonyl (C=O) groups is 2. The van der Waals surface area contributed by atoms with E-state index in [1.807, 2.05) is 0 Å². The maximum atomic E-state index is 13.3. The van der Waals surface area contributed by atoms with Gasteiger partial charge in [-0.1, -0.05) is 0 Å². The summed E-state index contributed by atoms with van der Waals surface area (Å²) < 4.78 is 13.3. The second-order valence-electron chi connectivity index (χ2n) is 4.29. The summed E-state index contributed by atoms with van der Waals surface area (Å²) in [6, 6.07) is 3.92. The highest BCUT2D eigenvalue weighted by atomic mass is 19.1. The predicted octanol–water partition coefficient (Wildman–Crippen LogP) is 1.36. The molecule has 2 aromatic rings. The van der Waals surface area contributed by atoms with Crippen molar-refractivity contribution >= 4 is 22.8 Å². The highest BCUT2D eigenvalue weighted by molar-refractivity contribution is 6.09. The van der Waals surface area contributed by atoms with Crippen molar-refractivity contribution in [1.29, 1.82) is 0 Å². The van der Waals surface area contributed by atoms with Crippen LogP contribution in [0.4, 0.5) is 4.39 Å². The average molecular weight is 260 g/mol. The summed E-state index contributed by atoms with van der Waals surface area (Å²) in [7, 11) is 0. The maximum Gasteiger partial charge on any atom is 0.355 e. The Morgan fingerprint density at radius 3 is 2.95 bits per heavy atom. The number of rotatable bonds is 1. The van der Waals surface area contributed by atoms with Gasteiger partial charge in [0.15, 0.2) is 5.69 Å². The van der Waals surface area contributed by atoms with Gasteiger partial charge in [-0.05, 0) is 30.2 Å². The van der Waals surface area contributed by atoms with Crippen LogP contribution in [0.15, 0.2) is 18.2 Å². The number of carboxylic acid groups (broad SMARTS) is 1. The molecule has 1 aliphatic rings. The molecule has 0 atom stereocenters. The Bertz CT molecular complexity index is 727. The van der Waals surface area contributed by atoms with Gasteiger partial charge in [-0.25, -0.2) is 14.2 Å². The summed E-state index contributed by atoms with van der Waals surface area (Å²) in [6.45, 7) is 0.403. The molecule has 0 bridgehead atoms. The molecular weight excluding hydrogens is 251 g/mol. The lowest BCUT2D eigenvalue weighted by molar-refractivity contribution is 0.0684. The fourth-order valence-electron chi connectivity index (χ4n) is 2.35. The standard InChI is InChI=1S/C13H9FN2O3/c14-6-1-2-9-8(5-6)7-3-4-15-12(17)10(7)11(16-9)13(18)19/h1-2,5H,3-4H2,(H,15,17)(H,18,19). The number of amides is 1. The summed E-state index contributed by atoms with van der Waals surface area (Å²) in [5, 5.41) is 12.2. The lowest BCUT2D eigenvalue weighted by atomic mass is 9.94. The van der Waals surface area contributed by atoms with E-state index in [9.17, 15) is 14.0 Å². The molecule has 1 aromatic heterocycles. The smallest absolute Gasteiger partial charge is 0.355 e. The number of aromatic carboxylic acids is 1. The van der Waals surface area contributed by atoms with Gasteiger partial charge in [0.25, 0.3) is 5.91 Å². The summed E-state index contributed by atoms with van der Waals surface area (Å²) in [5.74, 6) is -2.18. The first-order valence-electron chi connectivity index (χ1n) is 5.71. The van der Waals surface area contributed by atoms with E-state index >= 15 is 0 Å². The first-order chi connectivity index (χ1) is 9.08. The van der Waals surface area contributed by atoms with Gasteiger partial charge in [0.1, 0.15) is 5.82 Å². The van der Waals surface area contributed by atoms with Crippen LogP contribution in [0, 0.1) is 5.82 Å². The number of benzene rings is 1. The molecule has 0 saturated heterocycles. The topological polar surface area (TPSA) is 79.3 Å². The number of aromatic nitrogens is 1. The van der Waals surface area contributed by atoms with Crippen molar-refractivity contribution < 1.29 is 19.1 Å². The fraction of sp³-hybridized carbons (Fsp3) is 0.154. The second kappa shape index (κ2) is 4.01. The first-order valence-corrected chi connectivity index (χ1v) is 5.71. The van der Waals surface area contributed by atoms with Crippen LogP contribution in [0.5, 0.6) is 0 Å². The number of nitrogens with zero attached hydrogens (tertiary/aromatic N) is 1. The van der Waals surface area contributed by atoms with Crippen LogP contribution in [0.3, 0.4) is 0 Å². The summed E-state index contributed by atoms with van der Waals surface area (Å²) >= 11 is 0. The molecular formula is C13H9FN2O3. The van der Waals surface area contributed by atoms with Crippen molar-refractivity contribution in [3.05, 3.63) is 40.8 Å². The van der Waals surface area contributed by atoms with Gasteiger partial charge < -0.3 is 10.4 Å². The number of pyridine rings is 1. The van der Waals surface area contributed by atoms with Crippen molar-refractivity contribution in [1.82, 2.24) is 10.3 Å². The highest BCUT2D eigenvalue weighted by Crippen LogP contribution is 2.27. The summed E-state index contributed by atoms with van der Waals surface area (Å²) in [6.07, 6.45) is 0.462. The van der Waals surface area contributed by atoms with E-state index in [1.165, 1.54) is 18.2 Å². The molecule has 0 saturated carbocycles. The Labute approximate surface area is 107 Å². The third-order valence-corrected chi connectivity index (χ3v) is 3.14. The van der Waals surface area contributed by atoms with E-state index in [1.54, 1.807) is 0 Å². The van der Waals surface area contributed by atoms with Crippen LogP contribution >= 0.6 is 0 Å². The van der Waals surface area contributed by atoms with Gasteiger partial charge >= 0.3 is 5.97 Å². The highest BCUT2D eigenvalue weighted by Gasteiger charge is 2.27. The van der Waals surface area contributed by atoms with E-state index in [0.717, 1.165) is 0 Å². The number of nitrogens with one attached hydrogen (secondary N) is 1. The van der Waals surface area contributed by atoms with Gasteiger partial charge in [0.2, 0.25) is 0 Å². The monoisotopic (exact) mass is 260 g/mol. The van der Waals surface area contributed by atoms with Crippen molar-refractivity contribution in [2.75, 3.05) is 6.54 Å². The van der Waals surface area contributed by atoms with Crippen LogP contribution in [-0.2, 0) is 6.42 Å². The minimum Gasteiger partial charge on any atom is -0.476 e. The average Bonchev–Trinajstić information content (AvgIpc) is 2.38. The minimum atomic E-state index is -1.26. The molecule has 96 valence electrons. The molecule has 1 amide bonds. The Morgan fingerprint density at radius 2 is 2.21 bits per heavy atom. The van der Waals surface area contributed by atoms with E-state index in [4.69, 9.17) is 5.11 Å². The minimum absolute atomic E-state index is 0.0388. The van der Waals surface area contributed by atoms with Crippen molar-refractivity contribution in [3.8, 4) is 0 Å². The van der Waals surface area contributed by atoms with Crippen LogP contribution in [0.25, 0.3) is 10.9 Å². The van der Waals surface area contributed by atoms with Gasteiger partial charge in [-0.3, -0.25) is 4.79 Å². The lowest BCUT2D eigenvalue weighted by Crippen LogP contribution is -2.34. The first kappa shape index (κ1) is 11.6. The normalized spacial score (nSPS) is 14.1. The molecule has 1 aliphatic heterocycles. The molecule has 0 aliphatic carbocycles. The van der Waals surface area contributed by atoms with Gasteiger partial charge in [0.05, 0.1) is 11.1 Å². The van der Waals surface area contributed by atoms with E-state index in [0.29, 0.717) is 29.4 Å². The molecule has 1 aromatic carbocycles. The lowest BCUT2D eigenvalue weighted by Gasteiger charge is -2.19. The number of fused-ring (bicyclic) bond motifs is 3. The van der Waals surface area contributed by atoms with Gasteiger partial charge in [-0.2, -0.15) is 0 Å². The number of carboxylic acids is 1. The van der Waals surface area contributed by atoms with Crippen molar-refractivity contribution in [2.45, 2.75) is 6.42 Å². The molecule has 2 heterocycles. The van der Waals surface area contributed by atoms with Crippen LogP contribution in [0.1, 0.15) is 26.4 Å². The second-order valence-corrected chi connectivity index (χ2v) is 4.29. The molecule has 0 radical (unpaired) electrons. The van der Waals surface area contributed by atoms with E-state index < -0.39 is 17.7 Å². The Balaban J connectivity index is 2.45. The van der Waals surface area contributed by atoms with Crippen molar-refractivity contribution in [3.63, 3.8) is 0 Å². The van der Waals surface area contributed by atoms with Crippen LogP contribution in [-0.4, -0.2) is 28.5 Å².